The summed E-state index contributed by atoms with van der Waals surface area (Å²) in [6.07, 6.45) is 2.08. The number of fused-ring (bicyclic) bond motifs is 6. The Balaban J connectivity index is 1.23. The van der Waals surface area contributed by atoms with E-state index < -0.39 is 6.17 Å². The Morgan fingerprint density at radius 2 is 1.68 bits per heavy atom. The van der Waals surface area contributed by atoms with Crippen LogP contribution in [-0.4, -0.2) is 34.2 Å². The molecule has 0 unspecified atom stereocenters. The van der Waals surface area contributed by atoms with Gasteiger partial charge in [-0.3, -0.25) is 19.3 Å². The second-order valence-electron chi connectivity index (χ2n) is 8.55. The largest absolute Gasteiger partial charge is 0.361 e. The van der Waals surface area contributed by atoms with E-state index in [2.05, 4.69) is 10.3 Å². The number of nitrogens with one attached hydrogen (secondary N) is 2. The molecule has 7 heteroatoms. The van der Waals surface area contributed by atoms with Crippen molar-refractivity contribution in [3.63, 3.8) is 0 Å². The monoisotopic (exact) mass is 450 g/mol. The molecule has 0 spiro atoms. The highest BCUT2D eigenvalue weighted by Crippen LogP contribution is 2.45. The number of amides is 3. The normalized spacial score (nSPS) is 16.4. The minimum Gasteiger partial charge on any atom is -0.361 e. The summed E-state index contributed by atoms with van der Waals surface area (Å²) in [6, 6.07) is 22.3. The molecule has 168 valence electrons. The Kier molecular flexibility index (Phi) is 4.69. The van der Waals surface area contributed by atoms with E-state index in [1.807, 2.05) is 60.8 Å². The molecule has 1 aromatic heterocycles. The van der Waals surface area contributed by atoms with Crippen LogP contribution in [0.4, 0.5) is 11.4 Å². The Bertz CT molecular complexity index is 1460. The highest BCUT2D eigenvalue weighted by Gasteiger charge is 2.47. The summed E-state index contributed by atoms with van der Waals surface area (Å²) in [5.41, 5.74) is 4.28. The van der Waals surface area contributed by atoms with Gasteiger partial charge in [-0.05, 0) is 42.8 Å². The molecular formula is C27H22N4O3. The standard InChI is InChI=1S/C27H22N4O3/c32-24(29-22-11-5-10-21-19(22)14-15-28-21)13-6-16-30-25-17-7-1-2-8-18(17)27(34)31(25)23-12-4-3-9-20(23)26(30)33/h1-5,7-12,14-15,25,28H,6,13,16H2,(H,29,32)/t25-/m0/s1. The van der Waals surface area contributed by atoms with Gasteiger partial charge in [0.25, 0.3) is 11.8 Å². The van der Waals surface area contributed by atoms with E-state index in [0.29, 0.717) is 29.8 Å². The molecular weight excluding hydrogens is 428 g/mol. The maximum absolute atomic E-state index is 13.4. The highest BCUT2D eigenvalue weighted by molar-refractivity contribution is 6.16. The van der Waals surface area contributed by atoms with Gasteiger partial charge in [0, 0.05) is 41.2 Å². The lowest BCUT2D eigenvalue weighted by molar-refractivity contribution is -0.116. The number of para-hydroxylation sites is 1. The number of rotatable bonds is 5. The van der Waals surface area contributed by atoms with E-state index in [4.69, 9.17) is 0 Å². The number of benzene rings is 3. The molecule has 7 nitrogen and oxygen atoms in total. The van der Waals surface area contributed by atoms with Crippen LogP contribution in [0.2, 0.25) is 0 Å². The number of carbonyl (C=O) groups excluding carboxylic acids is 3. The van der Waals surface area contributed by atoms with Crippen molar-refractivity contribution in [3.8, 4) is 0 Å². The zero-order valence-electron chi connectivity index (χ0n) is 18.3. The zero-order valence-corrected chi connectivity index (χ0v) is 18.3. The SMILES string of the molecule is O=C(CCCN1C(=O)c2ccccc2N2C(=O)c3ccccc3[C@@H]12)Nc1cccc2[nH]ccc12. The van der Waals surface area contributed by atoms with Crippen LogP contribution >= 0.6 is 0 Å². The first-order valence-corrected chi connectivity index (χ1v) is 11.3. The fraction of sp³-hybridized carbons (Fsp3) is 0.148. The van der Waals surface area contributed by atoms with Crippen LogP contribution in [0, 0.1) is 0 Å². The minimum absolute atomic E-state index is 0.108. The van der Waals surface area contributed by atoms with Crippen LogP contribution in [0.3, 0.4) is 0 Å². The van der Waals surface area contributed by atoms with E-state index in [9.17, 15) is 14.4 Å². The first-order chi connectivity index (χ1) is 16.6. The van der Waals surface area contributed by atoms with Crippen LogP contribution < -0.4 is 10.2 Å². The number of H-pyrrole nitrogens is 1. The molecule has 0 bridgehead atoms. The molecule has 0 radical (unpaired) electrons. The summed E-state index contributed by atoms with van der Waals surface area (Å²) in [6.45, 7) is 0.359. The minimum atomic E-state index is -0.497. The van der Waals surface area contributed by atoms with Crippen molar-refractivity contribution in [1.82, 2.24) is 9.88 Å². The van der Waals surface area contributed by atoms with Crippen molar-refractivity contribution in [2.24, 2.45) is 0 Å². The molecule has 0 aliphatic carbocycles. The average Bonchev–Trinajstić information content (AvgIpc) is 3.45. The van der Waals surface area contributed by atoms with Gasteiger partial charge < -0.3 is 15.2 Å². The molecule has 3 amide bonds. The van der Waals surface area contributed by atoms with Gasteiger partial charge in [-0.2, -0.15) is 0 Å². The Hall–Kier alpha value is -4.39. The third-order valence-electron chi connectivity index (χ3n) is 6.55. The number of nitrogens with zero attached hydrogens (tertiary/aromatic N) is 2. The van der Waals surface area contributed by atoms with Crippen molar-refractivity contribution < 1.29 is 14.4 Å². The maximum atomic E-state index is 13.4. The lowest BCUT2D eigenvalue weighted by Crippen LogP contribution is -2.48. The molecule has 0 saturated carbocycles. The number of hydrogen-bond donors (Lipinski definition) is 2. The molecule has 6 rings (SSSR count). The number of hydrogen-bond acceptors (Lipinski definition) is 3. The number of carbonyl (C=O) groups is 3. The van der Waals surface area contributed by atoms with Crippen molar-refractivity contribution >= 4 is 40.0 Å². The summed E-state index contributed by atoms with van der Waals surface area (Å²) < 4.78 is 0. The van der Waals surface area contributed by atoms with Crippen molar-refractivity contribution in [1.29, 1.82) is 0 Å². The smallest absolute Gasteiger partial charge is 0.260 e. The van der Waals surface area contributed by atoms with Crippen LogP contribution in [-0.2, 0) is 4.79 Å². The number of anilines is 2. The first kappa shape index (κ1) is 20.2. The van der Waals surface area contributed by atoms with Crippen molar-refractivity contribution in [2.75, 3.05) is 16.8 Å². The fourth-order valence-corrected chi connectivity index (χ4v) is 5.02. The average molecular weight is 450 g/mol. The number of aromatic nitrogens is 1. The van der Waals surface area contributed by atoms with Crippen molar-refractivity contribution in [3.05, 3.63) is 95.7 Å². The summed E-state index contributed by atoms with van der Waals surface area (Å²) in [5.74, 6) is -0.347. The molecule has 2 aliphatic rings. The Morgan fingerprint density at radius 3 is 2.56 bits per heavy atom. The predicted molar refractivity (Wildman–Crippen MR) is 130 cm³/mol. The molecule has 2 aliphatic heterocycles. The second-order valence-corrected chi connectivity index (χ2v) is 8.55. The van der Waals surface area contributed by atoms with E-state index >= 15 is 0 Å². The molecule has 4 aromatic rings. The van der Waals surface area contributed by atoms with E-state index in [0.717, 1.165) is 22.2 Å². The quantitative estimate of drug-likeness (QED) is 0.462. The van der Waals surface area contributed by atoms with Gasteiger partial charge in [-0.1, -0.05) is 36.4 Å². The van der Waals surface area contributed by atoms with Gasteiger partial charge in [0.1, 0.15) is 6.17 Å². The maximum Gasteiger partial charge on any atom is 0.260 e. The van der Waals surface area contributed by atoms with E-state index in [1.54, 1.807) is 28.0 Å². The summed E-state index contributed by atoms with van der Waals surface area (Å²) in [7, 11) is 0. The Morgan fingerprint density at radius 1 is 0.882 bits per heavy atom. The third-order valence-corrected chi connectivity index (χ3v) is 6.55. The molecule has 2 N–H and O–H groups in total. The zero-order chi connectivity index (χ0) is 23.2. The molecule has 0 saturated heterocycles. The lowest BCUT2D eigenvalue weighted by Gasteiger charge is -2.41. The lowest BCUT2D eigenvalue weighted by atomic mass is 10.0. The van der Waals surface area contributed by atoms with Gasteiger partial charge >= 0.3 is 0 Å². The van der Waals surface area contributed by atoms with Gasteiger partial charge in [0.05, 0.1) is 16.9 Å². The Labute approximate surface area is 196 Å². The van der Waals surface area contributed by atoms with Gasteiger partial charge in [-0.25, -0.2) is 0 Å². The van der Waals surface area contributed by atoms with Crippen LogP contribution in [0.25, 0.3) is 10.9 Å². The fourth-order valence-electron chi connectivity index (χ4n) is 5.02. The van der Waals surface area contributed by atoms with Gasteiger partial charge in [-0.15, -0.1) is 0 Å². The summed E-state index contributed by atoms with van der Waals surface area (Å²) in [5, 5.41) is 3.93. The third kappa shape index (κ3) is 3.08. The topological polar surface area (TPSA) is 85.5 Å². The molecule has 34 heavy (non-hydrogen) atoms. The van der Waals surface area contributed by atoms with Gasteiger partial charge in [0.15, 0.2) is 0 Å². The second kappa shape index (κ2) is 7.88. The molecule has 0 fully saturated rings. The van der Waals surface area contributed by atoms with Crippen LogP contribution in [0.5, 0.6) is 0 Å². The summed E-state index contributed by atoms with van der Waals surface area (Å²) in [4.78, 5) is 45.9. The molecule has 3 aromatic carbocycles. The van der Waals surface area contributed by atoms with Crippen LogP contribution in [0.15, 0.2) is 79.0 Å². The van der Waals surface area contributed by atoms with E-state index in [1.165, 1.54) is 0 Å². The predicted octanol–water partition coefficient (Wildman–Crippen LogP) is 4.70. The summed E-state index contributed by atoms with van der Waals surface area (Å²) >= 11 is 0. The van der Waals surface area contributed by atoms with E-state index in [-0.39, 0.29) is 24.1 Å². The van der Waals surface area contributed by atoms with Gasteiger partial charge in [0.2, 0.25) is 5.91 Å². The molecule has 3 heterocycles. The highest BCUT2D eigenvalue weighted by atomic mass is 16.2. The first-order valence-electron chi connectivity index (χ1n) is 11.3. The molecule has 1 atom stereocenters. The van der Waals surface area contributed by atoms with Crippen molar-refractivity contribution in [2.45, 2.75) is 19.0 Å². The number of aromatic amines is 1. The van der Waals surface area contributed by atoms with Crippen LogP contribution in [0.1, 0.15) is 45.3 Å².